The van der Waals surface area contributed by atoms with Crippen molar-refractivity contribution in [2.75, 3.05) is 24.3 Å². The Bertz CT molecular complexity index is 461. The summed E-state index contributed by atoms with van der Waals surface area (Å²) in [4.78, 5) is 2.46. The molecule has 0 saturated heterocycles. The highest BCUT2D eigenvalue weighted by Gasteiger charge is 2.26. The highest BCUT2D eigenvalue weighted by Crippen LogP contribution is 2.40. The Labute approximate surface area is 127 Å². The molecular formula is C14H18INOS. The van der Waals surface area contributed by atoms with Crippen LogP contribution in [0.15, 0.2) is 21.8 Å². The second-order valence-electron chi connectivity index (χ2n) is 4.05. The fourth-order valence-electron chi connectivity index (χ4n) is 2.20. The number of halogens is 1. The van der Waals surface area contributed by atoms with Crippen molar-refractivity contribution in [2.45, 2.75) is 19.2 Å². The lowest BCUT2D eigenvalue weighted by Crippen LogP contribution is -2.35. The number of benzene rings is 1. The quantitative estimate of drug-likeness (QED) is 0.725. The summed E-state index contributed by atoms with van der Waals surface area (Å²) in [5.41, 5.74) is 2.57. The smallest absolute Gasteiger partial charge is 0.119 e. The summed E-state index contributed by atoms with van der Waals surface area (Å²) < 4.78 is 6.69. The van der Waals surface area contributed by atoms with E-state index in [-0.39, 0.29) is 0 Å². The van der Waals surface area contributed by atoms with Crippen LogP contribution in [0.1, 0.15) is 19.4 Å². The normalized spacial score (nSPS) is 18.3. The summed E-state index contributed by atoms with van der Waals surface area (Å²) in [5.74, 6) is 2.05. The van der Waals surface area contributed by atoms with Gasteiger partial charge in [0, 0.05) is 21.4 Å². The maximum absolute atomic E-state index is 5.30. The molecule has 1 aliphatic rings. The van der Waals surface area contributed by atoms with Gasteiger partial charge in [-0.25, -0.2) is 0 Å². The van der Waals surface area contributed by atoms with Crippen LogP contribution >= 0.6 is 34.4 Å². The molecule has 18 heavy (non-hydrogen) atoms. The van der Waals surface area contributed by atoms with Gasteiger partial charge in [0.1, 0.15) is 11.1 Å². The molecule has 1 aromatic rings. The number of ether oxygens (including phenoxy) is 1. The van der Waals surface area contributed by atoms with Crippen molar-refractivity contribution in [3.05, 3.63) is 27.3 Å². The van der Waals surface area contributed by atoms with Gasteiger partial charge in [-0.15, -0.1) is 11.8 Å². The van der Waals surface area contributed by atoms with Crippen LogP contribution in [0.3, 0.4) is 0 Å². The van der Waals surface area contributed by atoms with E-state index in [1.54, 1.807) is 7.11 Å². The molecule has 0 fully saturated rings. The molecule has 0 amide bonds. The first-order valence-corrected chi connectivity index (χ1v) is 8.27. The highest BCUT2D eigenvalue weighted by atomic mass is 127. The van der Waals surface area contributed by atoms with Gasteiger partial charge in [0.25, 0.3) is 0 Å². The molecule has 0 bridgehead atoms. The Hall–Kier alpha value is -0.360. The van der Waals surface area contributed by atoms with E-state index in [1.807, 2.05) is 17.8 Å². The van der Waals surface area contributed by atoms with Crippen molar-refractivity contribution in [3.63, 3.8) is 0 Å². The van der Waals surface area contributed by atoms with Crippen molar-refractivity contribution in [2.24, 2.45) is 0 Å². The number of thioether (sulfide) groups is 1. The maximum Gasteiger partial charge on any atom is 0.119 e. The Balaban J connectivity index is 2.44. The van der Waals surface area contributed by atoms with Gasteiger partial charge in [0.2, 0.25) is 0 Å². The van der Waals surface area contributed by atoms with E-state index in [9.17, 15) is 0 Å². The standard InChI is InChI=1S/C14H18INOS/c1-4-16-13-7-6-11(17-3)8-10(13)9-12(15)14(16)18-5-2/h6-9,14H,4-5H2,1-3H3. The lowest BCUT2D eigenvalue weighted by atomic mass is 10.1. The van der Waals surface area contributed by atoms with Crippen LogP contribution in [-0.2, 0) is 0 Å². The number of methoxy groups -OCH3 is 1. The topological polar surface area (TPSA) is 12.5 Å². The van der Waals surface area contributed by atoms with Crippen LogP contribution in [0, 0.1) is 0 Å². The highest BCUT2D eigenvalue weighted by molar-refractivity contribution is 14.1. The van der Waals surface area contributed by atoms with Crippen molar-refractivity contribution in [3.8, 4) is 5.75 Å². The molecule has 1 unspecified atom stereocenters. The monoisotopic (exact) mass is 375 g/mol. The summed E-state index contributed by atoms with van der Waals surface area (Å²) in [6, 6.07) is 6.32. The maximum atomic E-state index is 5.30. The summed E-state index contributed by atoms with van der Waals surface area (Å²) >= 11 is 4.44. The minimum Gasteiger partial charge on any atom is -0.497 e. The molecule has 1 atom stereocenters. The molecule has 0 aromatic heterocycles. The zero-order chi connectivity index (χ0) is 13.1. The minimum absolute atomic E-state index is 0.460. The van der Waals surface area contributed by atoms with Gasteiger partial charge >= 0.3 is 0 Å². The van der Waals surface area contributed by atoms with Gasteiger partial charge in [0.15, 0.2) is 0 Å². The van der Waals surface area contributed by atoms with Crippen LogP contribution in [0.2, 0.25) is 0 Å². The Morgan fingerprint density at radius 1 is 1.39 bits per heavy atom. The third-order valence-corrected chi connectivity index (χ3v) is 5.50. The predicted octanol–water partition coefficient (Wildman–Crippen LogP) is 4.39. The first-order chi connectivity index (χ1) is 8.71. The number of anilines is 1. The van der Waals surface area contributed by atoms with Crippen LogP contribution in [0.4, 0.5) is 5.69 Å². The van der Waals surface area contributed by atoms with Gasteiger partial charge in [0.05, 0.1) is 7.11 Å². The number of nitrogens with zero attached hydrogens (tertiary/aromatic N) is 1. The molecule has 2 nitrogen and oxygen atoms in total. The van der Waals surface area contributed by atoms with Gasteiger partial charge in [-0.3, -0.25) is 0 Å². The number of hydrogen-bond acceptors (Lipinski definition) is 3. The first kappa shape index (κ1) is 14.1. The third-order valence-electron chi connectivity index (χ3n) is 3.02. The summed E-state index contributed by atoms with van der Waals surface area (Å²) in [6.45, 7) is 5.45. The van der Waals surface area contributed by atoms with E-state index < -0.39 is 0 Å². The first-order valence-electron chi connectivity index (χ1n) is 6.14. The van der Waals surface area contributed by atoms with E-state index in [2.05, 4.69) is 59.5 Å². The van der Waals surface area contributed by atoms with E-state index >= 15 is 0 Å². The largest absolute Gasteiger partial charge is 0.497 e. The van der Waals surface area contributed by atoms with Crippen LogP contribution in [0.25, 0.3) is 6.08 Å². The molecule has 0 spiro atoms. The van der Waals surface area contributed by atoms with Crippen molar-refractivity contribution >= 4 is 46.1 Å². The number of hydrogen-bond donors (Lipinski definition) is 0. The second kappa shape index (κ2) is 6.19. The number of rotatable bonds is 4. The molecule has 98 valence electrons. The van der Waals surface area contributed by atoms with Gasteiger partial charge in [-0.2, -0.15) is 0 Å². The van der Waals surface area contributed by atoms with E-state index in [0.717, 1.165) is 18.0 Å². The average molecular weight is 375 g/mol. The average Bonchev–Trinajstić information content (AvgIpc) is 2.39. The Kier molecular flexibility index (Phi) is 4.84. The zero-order valence-corrected chi connectivity index (χ0v) is 13.9. The minimum atomic E-state index is 0.460. The van der Waals surface area contributed by atoms with Crippen molar-refractivity contribution in [1.29, 1.82) is 0 Å². The van der Waals surface area contributed by atoms with Crippen LogP contribution in [0.5, 0.6) is 5.75 Å². The van der Waals surface area contributed by atoms with Crippen molar-refractivity contribution < 1.29 is 4.74 Å². The lowest BCUT2D eigenvalue weighted by Gasteiger charge is -2.36. The van der Waals surface area contributed by atoms with E-state index in [0.29, 0.717) is 5.37 Å². The van der Waals surface area contributed by atoms with Crippen LogP contribution < -0.4 is 9.64 Å². The van der Waals surface area contributed by atoms with Gasteiger partial charge < -0.3 is 9.64 Å². The van der Waals surface area contributed by atoms with Gasteiger partial charge in [-0.05, 0) is 59.5 Å². The lowest BCUT2D eigenvalue weighted by molar-refractivity contribution is 0.414. The molecule has 0 saturated carbocycles. The number of likely N-dealkylation sites (N-methyl/N-ethyl adjacent to an activating group) is 1. The fraction of sp³-hybridized carbons (Fsp3) is 0.429. The van der Waals surface area contributed by atoms with E-state index in [4.69, 9.17) is 4.74 Å². The predicted molar refractivity (Wildman–Crippen MR) is 89.9 cm³/mol. The molecular weight excluding hydrogens is 357 g/mol. The summed E-state index contributed by atoms with van der Waals surface area (Å²) in [5, 5.41) is 0.460. The Morgan fingerprint density at radius 3 is 2.78 bits per heavy atom. The Morgan fingerprint density at radius 2 is 2.17 bits per heavy atom. The molecule has 2 rings (SSSR count). The third kappa shape index (κ3) is 2.64. The molecule has 1 aliphatic heterocycles. The summed E-state index contributed by atoms with van der Waals surface area (Å²) in [6.07, 6.45) is 2.28. The molecule has 0 radical (unpaired) electrons. The second-order valence-corrected chi connectivity index (χ2v) is 6.65. The van der Waals surface area contributed by atoms with Crippen LogP contribution in [-0.4, -0.2) is 24.8 Å². The molecule has 4 heteroatoms. The van der Waals surface area contributed by atoms with Gasteiger partial charge in [-0.1, -0.05) is 6.92 Å². The molecule has 1 heterocycles. The molecule has 0 aliphatic carbocycles. The zero-order valence-electron chi connectivity index (χ0n) is 10.9. The molecule has 1 aromatic carbocycles. The van der Waals surface area contributed by atoms with Crippen molar-refractivity contribution in [1.82, 2.24) is 0 Å². The fourth-order valence-corrected chi connectivity index (χ4v) is 4.39. The molecule has 0 N–H and O–H groups in total. The van der Waals surface area contributed by atoms with E-state index in [1.165, 1.54) is 14.8 Å². The summed E-state index contributed by atoms with van der Waals surface area (Å²) in [7, 11) is 1.71. The number of fused-ring (bicyclic) bond motifs is 1. The SMILES string of the molecule is CCSC1C(I)=Cc2cc(OC)ccc2N1CC.